The van der Waals surface area contributed by atoms with E-state index in [2.05, 4.69) is 4.72 Å². The maximum Gasteiger partial charge on any atom is 0.250 e. The van der Waals surface area contributed by atoms with Gasteiger partial charge in [-0.1, -0.05) is 0 Å². The molecule has 2 heterocycles. The van der Waals surface area contributed by atoms with Crippen LogP contribution in [0, 0.1) is 11.3 Å². The molecule has 0 amide bonds. The van der Waals surface area contributed by atoms with Crippen molar-refractivity contribution in [3.05, 3.63) is 17.0 Å². The minimum Gasteiger partial charge on any atom is -0.376 e. The Labute approximate surface area is 109 Å². The quantitative estimate of drug-likeness (QED) is 0.861. The van der Waals surface area contributed by atoms with Crippen LogP contribution in [0.4, 0.5) is 0 Å². The van der Waals surface area contributed by atoms with E-state index < -0.39 is 10.0 Å². The van der Waals surface area contributed by atoms with Gasteiger partial charge in [0, 0.05) is 6.54 Å². The molecule has 1 aromatic heterocycles. The molecule has 0 saturated carbocycles. The second-order valence-corrected chi connectivity index (χ2v) is 6.73. The lowest BCUT2D eigenvalue weighted by atomic mass is 10.3. The first-order chi connectivity index (χ1) is 8.62. The first-order valence-corrected chi connectivity index (χ1v) is 7.61. The van der Waals surface area contributed by atoms with Crippen LogP contribution in [0.25, 0.3) is 0 Å². The number of hydrogen-bond donors (Lipinski definition) is 1. The van der Waals surface area contributed by atoms with Gasteiger partial charge in [0.05, 0.1) is 25.9 Å². The molecule has 0 aliphatic carbocycles. The Bertz CT molecular complexity index is 540. The zero-order chi connectivity index (χ0) is 13.0. The second-order valence-electron chi connectivity index (χ2n) is 3.65. The molecule has 98 valence electrons. The van der Waals surface area contributed by atoms with Gasteiger partial charge in [0.2, 0.25) is 10.0 Å². The number of rotatable bonds is 4. The van der Waals surface area contributed by atoms with Gasteiger partial charge in [-0.25, -0.2) is 13.1 Å². The van der Waals surface area contributed by atoms with Crippen LogP contribution >= 0.6 is 11.3 Å². The SMILES string of the molecule is N#Cc1ccc(S(=O)(=O)NCC2COCCO2)s1. The van der Waals surface area contributed by atoms with Gasteiger partial charge in [0.1, 0.15) is 15.2 Å². The summed E-state index contributed by atoms with van der Waals surface area (Å²) in [5, 5.41) is 8.66. The standard InChI is InChI=1S/C10H12N2O4S2/c11-5-9-1-2-10(17-9)18(13,14)12-6-8-7-15-3-4-16-8/h1-2,8,12H,3-4,6-7H2. The molecule has 0 radical (unpaired) electrons. The van der Waals surface area contributed by atoms with E-state index in [-0.39, 0.29) is 16.9 Å². The number of ether oxygens (including phenoxy) is 2. The van der Waals surface area contributed by atoms with Gasteiger partial charge in [-0.2, -0.15) is 5.26 Å². The van der Waals surface area contributed by atoms with Crippen LogP contribution in [0.2, 0.25) is 0 Å². The summed E-state index contributed by atoms with van der Waals surface area (Å²) in [5.41, 5.74) is 0. The molecule has 1 aliphatic heterocycles. The summed E-state index contributed by atoms with van der Waals surface area (Å²) in [6, 6.07) is 4.81. The van der Waals surface area contributed by atoms with Crippen LogP contribution in [-0.4, -0.2) is 40.9 Å². The summed E-state index contributed by atoms with van der Waals surface area (Å²) in [6.45, 7) is 1.57. The Balaban J connectivity index is 1.96. The predicted molar refractivity (Wildman–Crippen MR) is 64.8 cm³/mol. The fourth-order valence-electron chi connectivity index (χ4n) is 1.45. The third-order valence-electron chi connectivity index (χ3n) is 2.34. The van der Waals surface area contributed by atoms with Crippen molar-refractivity contribution in [2.75, 3.05) is 26.4 Å². The molecule has 2 rings (SSSR count). The Morgan fingerprint density at radius 1 is 1.50 bits per heavy atom. The van der Waals surface area contributed by atoms with Crippen LogP contribution in [0.3, 0.4) is 0 Å². The Kier molecular flexibility index (Phi) is 4.31. The van der Waals surface area contributed by atoms with Crippen molar-refractivity contribution in [2.24, 2.45) is 0 Å². The van der Waals surface area contributed by atoms with Gasteiger partial charge in [0.25, 0.3) is 0 Å². The topological polar surface area (TPSA) is 88.4 Å². The number of nitrogens with zero attached hydrogens (tertiary/aromatic N) is 1. The number of thiophene rings is 1. The van der Waals surface area contributed by atoms with Crippen molar-refractivity contribution in [2.45, 2.75) is 10.3 Å². The Morgan fingerprint density at radius 3 is 2.94 bits per heavy atom. The van der Waals surface area contributed by atoms with Crippen LogP contribution in [0.15, 0.2) is 16.3 Å². The zero-order valence-electron chi connectivity index (χ0n) is 9.46. The fraction of sp³-hybridized carbons (Fsp3) is 0.500. The first kappa shape index (κ1) is 13.5. The van der Waals surface area contributed by atoms with Gasteiger partial charge >= 0.3 is 0 Å². The van der Waals surface area contributed by atoms with Gasteiger partial charge in [-0.05, 0) is 12.1 Å². The van der Waals surface area contributed by atoms with E-state index in [9.17, 15) is 8.42 Å². The van der Waals surface area contributed by atoms with Crippen LogP contribution < -0.4 is 4.72 Å². The van der Waals surface area contributed by atoms with Gasteiger partial charge in [-0.3, -0.25) is 0 Å². The number of sulfonamides is 1. The van der Waals surface area contributed by atoms with E-state index in [1.54, 1.807) is 0 Å². The first-order valence-electron chi connectivity index (χ1n) is 5.31. The molecule has 1 fully saturated rings. The van der Waals surface area contributed by atoms with E-state index in [0.717, 1.165) is 11.3 Å². The molecular formula is C10H12N2O4S2. The third kappa shape index (κ3) is 3.28. The van der Waals surface area contributed by atoms with Gasteiger partial charge in [-0.15, -0.1) is 11.3 Å². The highest BCUT2D eigenvalue weighted by atomic mass is 32.2. The average Bonchev–Trinajstić information content (AvgIpc) is 2.87. The summed E-state index contributed by atoms with van der Waals surface area (Å²) in [7, 11) is -3.57. The van der Waals surface area contributed by atoms with E-state index in [1.165, 1.54) is 12.1 Å². The number of hydrogen-bond acceptors (Lipinski definition) is 6. The molecule has 1 aromatic rings. The normalized spacial score (nSPS) is 20.5. The molecule has 1 aliphatic rings. The maximum atomic E-state index is 11.9. The second kappa shape index (κ2) is 5.77. The van der Waals surface area contributed by atoms with Crippen LogP contribution in [0.1, 0.15) is 4.88 Å². The average molecular weight is 288 g/mol. The van der Waals surface area contributed by atoms with Gasteiger partial charge in [0.15, 0.2) is 0 Å². The zero-order valence-corrected chi connectivity index (χ0v) is 11.1. The van der Waals surface area contributed by atoms with Crippen LogP contribution in [0.5, 0.6) is 0 Å². The molecule has 18 heavy (non-hydrogen) atoms. The smallest absolute Gasteiger partial charge is 0.250 e. The molecule has 8 heteroatoms. The fourth-order valence-corrected chi connectivity index (χ4v) is 3.67. The number of nitriles is 1. The lowest BCUT2D eigenvalue weighted by Gasteiger charge is -2.22. The molecule has 1 N–H and O–H groups in total. The lowest BCUT2D eigenvalue weighted by Crippen LogP contribution is -2.39. The summed E-state index contributed by atoms with van der Waals surface area (Å²) in [5.74, 6) is 0. The van der Waals surface area contributed by atoms with Gasteiger partial charge < -0.3 is 9.47 Å². The third-order valence-corrected chi connectivity index (χ3v) is 5.25. The van der Waals surface area contributed by atoms with Crippen LogP contribution in [-0.2, 0) is 19.5 Å². The van der Waals surface area contributed by atoms with E-state index in [0.29, 0.717) is 24.7 Å². The van der Waals surface area contributed by atoms with Crippen molar-refractivity contribution < 1.29 is 17.9 Å². The monoisotopic (exact) mass is 288 g/mol. The Morgan fingerprint density at radius 2 is 2.33 bits per heavy atom. The molecular weight excluding hydrogens is 276 g/mol. The highest BCUT2D eigenvalue weighted by molar-refractivity contribution is 7.91. The predicted octanol–water partition coefficient (Wildman–Crippen LogP) is 0.313. The summed E-state index contributed by atoms with van der Waals surface area (Å²) >= 11 is 0.943. The molecule has 1 atom stereocenters. The van der Waals surface area contributed by atoms with E-state index in [4.69, 9.17) is 14.7 Å². The Hall–Kier alpha value is -0.980. The van der Waals surface area contributed by atoms with Crippen molar-refractivity contribution in [3.8, 4) is 6.07 Å². The molecule has 6 nitrogen and oxygen atoms in total. The lowest BCUT2D eigenvalue weighted by molar-refractivity contribution is -0.0846. The van der Waals surface area contributed by atoms with Crippen molar-refractivity contribution >= 4 is 21.4 Å². The summed E-state index contributed by atoms with van der Waals surface area (Å²) in [4.78, 5) is 0.368. The number of nitrogens with one attached hydrogen (secondary N) is 1. The largest absolute Gasteiger partial charge is 0.376 e. The maximum absolute atomic E-state index is 11.9. The van der Waals surface area contributed by atoms with Crippen molar-refractivity contribution in [1.29, 1.82) is 5.26 Å². The van der Waals surface area contributed by atoms with Crippen molar-refractivity contribution in [3.63, 3.8) is 0 Å². The highest BCUT2D eigenvalue weighted by Crippen LogP contribution is 2.20. The minimum atomic E-state index is -3.57. The minimum absolute atomic E-state index is 0.135. The molecule has 1 unspecified atom stereocenters. The molecule has 0 aromatic carbocycles. The summed E-state index contributed by atoms with van der Waals surface area (Å²) < 4.78 is 36.9. The summed E-state index contributed by atoms with van der Waals surface area (Å²) in [6.07, 6.45) is -0.260. The molecule has 0 spiro atoms. The molecule has 1 saturated heterocycles. The van der Waals surface area contributed by atoms with E-state index >= 15 is 0 Å². The van der Waals surface area contributed by atoms with Crippen molar-refractivity contribution in [1.82, 2.24) is 4.72 Å². The highest BCUT2D eigenvalue weighted by Gasteiger charge is 2.21. The van der Waals surface area contributed by atoms with E-state index in [1.807, 2.05) is 6.07 Å². The molecule has 0 bridgehead atoms.